The van der Waals surface area contributed by atoms with Crippen LogP contribution in [0.3, 0.4) is 0 Å². The lowest BCUT2D eigenvalue weighted by molar-refractivity contribution is 0.0917. The summed E-state index contributed by atoms with van der Waals surface area (Å²) in [7, 11) is 0. The highest BCUT2D eigenvalue weighted by molar-refractivity contribution is 6.30. The van der Waals surface area contributed by atoms with Crippen molar-refractivity contribution in [1.29, 1.82) is 5.26 Å². The Morgan fingerprint density at radius 2 is 2.06 bits per heavy atom. The maximum atomic E-state index is 11.7. The third-order valence-electron chi connectivity index (χ3n) is 2.35. The molecule has 0 aliphatic carbocycles. The molecule has 1 amide bonds. The minimum Gasteiger partial charge on any atom is -0.459 e. The molecule has 0 spiro atoms. The second-order valence-electron chi connectivity index (χ2n) is 3.56. The molecule has 0 aliphatic heterocycles. The summed E-state index contributed by atoms with van der Waals surface area (Å²) in [4.78, 5) is 11.7. The van der Waals surface area contributed by atoms with Crippen LogP contribution in [0, 0.1) is 11.3 Å². The summed E-state index contributed by atoms with van der Waals surface area (Å²) in [6.07, 6.45) is 1.40. The summed E-state index contributed by atoms with van der Waals surface area (Å²) >= 11 is 5.76. The van der Waals surface area contributed by atoms with Gasteiger partial charge in [-0.2, -0.15) is 5.26 Å². The number of carbonyl (C=O) groups excluding carboxylic acids is 1. The van der Waals surface area contributed by atoms with Crippen LogP contribution in [0.2, 0.25) is 5.02 Å². The molecule has 0 aliphatic rings. The highest BCUT2D eigenvalue weighted by Gasteiger charge is 2.16. The standard InChI is InChI=1S/C13H9ClN2O2/c14-10-5-3-9(4-6-10)11(8-15)16-13(17)12-2-1-7-18-12/h1-7,11H,(H,16,17). The second-order valence-corrected chi connectivity index (χ2v) is 4.00. The van der Waals surface area contributed by atoms with Gasteiger partial charge in [0.05, 0.1) is 12.3 Å². The first-order valence-electron chi connectivity index (χ1n) is 5.20. The molecule has 0 radical (unpaired) electrons. The van der Waals surface area contributed by atoms with Crippen LogP contribution in [0.4, 0.5) is 0 Å². The number of benzene rings is 1. The molecule has 1 N–H and O–H groups in total. The van der Waals surface area contributed by atoms with Gasteiger partial charge >= 0.3 is 0 Å². The van der Waals surface area contributed by atoms with Gasteiger partial charge in [-0.1, -0.05) is 23.7 Å². The number of nitriles is 1. The zero-order valence-electron chi connectivity index (χ0n) is 9.26. The predicted molar refractivity (Wildman–Crippen MR) is 66.0 cm³/mol. The van der Waals surface area contributed by atoms with Gasteiger partial charge in [0.25, 0.3) is 5.91 Å². The number of furan rings is 1. The Labute approximate surface area is 109 Å². The molecule has 0 fully saturated rings. The Balaban J connectivity index is 2.13. The zero-order chi connectivity index (χ0) is 13.0. The second kappa shape index (κ2) is 5.39. The highest BCUT2D eigenvalue weighted by atomic mass is 35.5. The fourth-order valence-electron chi connectivity index (χ4n) is 1.46. The van der Waals surface area contributed by atoms with Crippen LogP contribution in [0.25, 0.3) is 0 Å². The molecule has 1 heterocycles. The molecule has 0 saturated heterocycles. The van der Waals surface area contributed by atoms with Gasteiger partial charge in [-0.3, -0.25) is 4.79 Å². The van der Waals surface area contributed by atoms with Gasteiger partial charge in [0.15, 0.2) is 5.76 Å². The quantitative estimate of drug-likeness (QED) is 0.923. The van der Waals surface area contributed by atoms with E-state index in [0.29, 0.717) is 10.6 Å². The molecule has 4 nitrogen and oxygen atoms in total. The molecule has 0 bridgehead atoms. The molecular formula is C13H9ClN2O2. The third-order valence-corrected chi connectivity index (χ3v) is 2.60. The van der Waals surface area contributed by atoms with Gasteiger partial charge in [0.1, 0.15) is 6.04 Å². The summed E-state index contributed by atoms with van der Waals surface area (Å²) in [6, 6.07) is 11.1. The first-order chi connectivity index (χ1) is 8.70. The molecule has 0 saturated carbocycles. The van der Waals surface area contributed by atoms with Gasteiger partial charge in [-0.05, 0) is 29.8 Å². The number of nitrogens with one attached hydrogen (secondary N) is 1. The molecule has 2 aromatic rings. The number of hydrogen-bond acceptors (Lipinski definition) is 3. The topological polar surface area (TPSA) is 66.0 Å². The Morgan fingerprint density at radius 1 is 1.33 bits per heavy atom. The van der Waals surface area contributed by atoms with Crippen LogP contribution in [0.15, 0.2) is 47.1 Å². The number of rotatable bonds is 3. The van der Waals surface area contributed by atoms with Gasteiger partial charge in [-0.15, -0.1) is 0 Å². The fraction of sp³-hybridized carbons (Fsp3) is 0.0769. The fourth-order valence-corrected chi connectivity index (χ4v) is 1.58. The SMILES string of the molecule is N#CC(NC(=O)c1ccco1)c1ccc(Cl)cc1. The van der Waals surface area contributed by atoms with E-state index >= 15 is 0 Å². The van der Waals surface area contributed by atoms with Crippen LogP contribution < -0.4 is 5.32 Å². The van der Waals surface area contributed by atoms with Crippen LogP contribution in [-0.2, 0) is 0 Å². The average Bonchev–Trinajstić information content (AvgIpc) is 2.91. The largest absolute Gasteiger partial charge is 0.459 e. The van der Waals surface area contributed by atoms with Gasteiger partial charge in [0, 0.05) is 5.02 Å². The molecule has 1 unspecified atom stereocenters. The molecule has 5 heteroatoms. The Hall–Kier alpha value is -2.25. The van der Waals surface area contributed by atoms with E-state index in [1.165, 1.54) is 12.3 Å². The van der Waals surface area contributed by atoms with E-state index in [4.69, 9.17) is 21.3 Å². The number of nitrogens with zero attached hydrogens (tertiary/aromatic N) is 1. The van der Waals surface area contributed by atoms with Crippen molar-refractivity contribution < 1.29 is 9.21 Å². The smallest absolute Gasteiger partial charge is 0.288 e. The first-order valence-corrected chi connectivity index (χ1v) is 5.58. The Kier molecular flexibility index (Phi) is 3.66. The van der Waals surface area contributed by atoms with E-state index in [2.05, 4.69) is 5.32 Å². The molecular weight excluding hydrogens is 252 g/mol. The van der Waals surface area contributed by atoms with Crippen LogP contribution >= 0.6 is 11.6 Å². The van der Waals surface area contributed by atoms with Crippen LogP contribution in [0.1, 0.15) is 22.2 Å². The molecule has 90 valence electrons. The van der Waals surface area contributed by atoms with Crippen molar-refractivity contribution >= 4 is 17.5 Å². The lowest BCUT2D eigenvalue weighted by atomic mass is 10.1. The Bertz CT molecular complexity index is 570. The van der Waals surface area contributed by atoms with Crippen LogP contribution in [-0.4, -0.2) is 5.91 Å². The van der Waals surface area contributed by atoms with Crippen LogP contribution in [0.5, 0.6) is 0 Å². The number of hydrogen-bond donors (Lipinski definition) is 1. The molecule has 1 atom stereocenters. The summed E-state index contributed by atoms with van der Waals surface area (Å²) in [6.45, 7) is 0. The van der Waals surface area contributed by atoms with E-state index in [-0.39, 0.29) is 5.76 Å². The average molecular weight is 261 g/mol. The summed E-state index contributed by atoms with van der Waals surface area (Å²) < 4.78 is 4.95. The Morgan fingerprint density at radius 3 is 2.61 bits per heavy atom. The van der Waals surface area contributed by atoms with Crippen molar-refractivity contribution in [2.45, 2.75) is 6.04 Å². The predicted octanol–water partition coefficient (Wildman–Crippen LogP) is 2.93. The van der Waals surface area contributed by atoms with Gasteiger partial charge in [-0.25, -0.2) is 0 Å². The zero-order valence-corrected chi connectivity index (χ0v) is 10.0. The molecule has 2 rings (SSSR count). The number of amides is 1. The minimum atomic E-state index is -0.736. The van der Waals surface area contributed by atoms with Crippen molar-refractivity contribution in [1.82, 2.24) is 5.32 Å². The van der Waals surface area contributed by atoms with Crippen molar-refractivity contribution in [2.75, 3.05) is 0 Å². The lowest BCUT2D eigenvalue weighted by Crippen LogP contribution is -2.27. The van der Waals surface area contributed by atoms with Crippen molar-refractivity contribution in [3.63, 3.8) is 0 Å². The third kappa shape index (κ3) is 2.70. The van der Waals surface area contributed by atoms with E-state index in [9.17, 15) is 4.79 Å². The number of halogens is 1. The van der Waals surface area contributed by atoms with Crippen molar-refractivity contribution in [3.8, 4) is 6.07 Å². The molecule has 18 heavy (non-hydrogen) atoms. The number of carbonyl (C=O) groups is 1. The molecule has 1 aromatic heterocycles. The maximum absolute atomic E-state index is 11.7. The maximum Gasteiger partial charge on any atom is 0.288 e. The summed E-state index contributed by atoms with van der Waals surface area (Å²) in [5.41, 5.74) is 0.668. The summed E-state index contributed by atoms with van der Waals surface area (Å²) in [5, 5.41) is 12.2. The van der Waals surface area contributed by atoms with Gasteiger partial charge in [0.2, 0.25) is 0 Å². The normalized spacial score (nSPS) is 11.6. The van der Waals surface area contributed by atoms with Crippen molar-refractivity contribution in [3.05, 3.63) is 59.0 Å². The van der Waals surface area contributed by atoms with E-state index in [1.807, 2.05) is 6.07 Å². The van der Waals surface area contributed by atoms with E-state index in [0.717, 1.165) is 0 Å². The molecule has 1 aromatic carbocycles. The highest BCUT2D eigenvalue weighted by Crippen LogP contribution is 2.16. The van der Waals surface area contributed by atoms with E-state index < -0.39 is 11.9 Å². The minimum absolute atomic E-state index is 0.171. The van der Waals surface area contributed by atoms with Crippen molar-refractivity contribution in [2.24, 2.45) is 0 Å². The van der Waals surface area contributed by atoms with E-state index in [1.54, 1.807) is 30.3 Å². The first kappa shape index (κ1) is 12.2. The van der Waals surface area contributed by atoms with Gasteiger partial charge < -0.3 is 9.73 Å². The summed E-state index contributed by atoms with van der Waals surface area (Å²) in [5.74, 6) is -0.259. The monoisotopic (exact) mass is 260 g/mol. The lowest BCUT2D eigenvalue weighted by Gasteiger charge is -2.10.